The van der Waals surface area contributed by atoms with Crippen LogP contribution >= 0.6 is 0 Å². The second-order valence-corrected chi connectivity index (χ2v) is 6.21. The number of nitrogens with one attached hydrogen (secondary N) is 1. The molecule has 0 aromatic heterocycles. The Hall–Kier alpha value is -1.35. The summed E-state index contributed by atoms with van der Waals surface area (Å²) in [5.74, 6) is -0.0302. The summed E-state index contributed by atoms with van der Waals surface area (Å²) < 4.78 is 0. The molecule has 1 unspecified atom stereocenters. The van der Waals surface area contributed by atoms with Gasteiger partial charge in [-0.25, -0.2) is 0 Å². The first-order valence-electron chi connectivity index (χ1n) is 7.62. The van der Waals surface area contributed by atoms with Crippen LogP contribution in [0.25, 0.3) is 0 Å². The molecule has 1 aromatic carbocycles. The maximum Gasteiger partial charge on any atom is 0.224 e. The minimum atomic E-state index is -0.106. The SMILES string of the molecule is Cc1cccc(C2(CNC(=O)C(C)CN)CCCC2)c1. The van der Waals surface area contributed by atoms with Crippen LogP contribution in [0.1, 0.15) is 43.7 Å². The Balaban J connectivity index is 2.12. The van der Waals surface area contributed by atoms with Crippen LogP contribution in [0.2, 0.25) is 0 Å². The van der Waals surface area contributed by atoms with E-state index in [1.807, 2.05) is 6.92 Å². The van der Waals surface area contributed by atoms with Crippen LogP contribution in [-0.4, -0.2) is 19.0 Å². The van der Waals surface area contributed by atoms with E-state index in [2.05, 4.69) is 36.5 Å². The van der Waals surface area contributed by atoms with E-state index < -0.39 is 0 Å². The Bertz CT molecular complexity index is 464. The normalized spacial score (nSPS) is 18.8. The number of benzene rings is 1. The third-order valence-electron chi connectivity index (χ3n) is 4.59. The lowest BCUT2D eigenvalue weighted by Crippen LogP contribution is -2.42. The average Bonchev–Trinajstić information content (AvgIpc) is 2.94. The summed E-state index contributed by atoms with van der Waals surface area (Å²) >= 11 is 0. The molecule has 0 saturated heterocycles. The van der Waals surface area contributed by atoms with Crippen molar-refractivity contribution in [2.24, 2.45) is 11.7 Å². The number of hydrogen-bond acceptors (Lipinski definition) is 2. The maximum absolute atomic E-state index is 12.0. The van der Waals surface area contributed by atoms with E-state index in [0.29, 0.717) is 6.54 Å². The van der Waals surface area contributed by atoms with E-state index in [9.17, 15) is 4.79 Å². The van der Waals surface area contributed by atoms with Crippen LogP contribution in [0, 0.1) is 12.8 Å². The minimum absolute atomic E-state index is 0.0754. The molecule has 2 rings (SSSR count). The molecule has 1 aromatic rings. The highest BCUT2D eigenvalue weighted by Gasteiger charge is 2.36. The molecule has 0 aliphatic heterocycles. The molecule has 1 atom stereocenters. The van der Waals surface area contributed by atoms with Gasteiger partial charge in [-0.05, 0) is 25.3 Å². The molecule has 1 fully saturated rings. The number of carbonyl (C=O) groups is 1. The van der Waals surface area contributed by atoms with Gasteiger partial charge in [0.05, 0.1) is 0 Å². The first-order valence-corrected chi connectivity index (χ1v) is 7.62. The number of rotatable bonds is 5. The van der Waals surface area contributed by atoms with Crippen molar-refractivity contribution in [3.63, 3.8) is 0 Å². The Kier molecular flexibility index (Phi) is 4.81. The van der Waals surface area contributed by atoms with Gasteiger partial charge in [-0.1, -0.05) is 49.6 Å². The van der Waals surface area contributed by atoms with Crippen LogP contribution in [0.4, 0.5) is 0 Å². The van der Waals surface area contributed by atoms with Gasteiger partial charge < -0.3 is 11.1 Å². The summed E-state index contributed by atoms with van der Waals surface area (Å²) in [6.45, 7) is 5.15. The van der Waals surface area contributed by atoms with Gasteiger partial charge in [-0.2, -0.15) is 0 Å². The van der Waals surface area contributed by atoms with E-state index in [1.54, 1.807) is 0 Å². The monoisotopic (exact) mass is 274 g/mol. The highest BCUT2D eigenvalue weighted by Crippen LogP contribution is 2.40. The first kappa shape index (κ1) is 15.0. The Labute approximate surface area is 121 Å². The van der Waals surface area contributed by atoms with Crippen molar-refractivity contribution < 1.29 is 4.79 Å². The second-order valence-electron chi connectivity index (χ2n) is 6.21. The quantitative estimate of drug-likeness (QED) is 0.867. The highest BCUT2D eigenvalue weighted by molar-refractivity contribution is 5.78. The summed E-state index contributed by atoms with van der Waals surface area (Å²) in [5.41, 5.74) is 8.34. The summed E-state index contributed by atoms with van der Waals surface area (Å²) in [7, 11) is 0. The lowest BCUT2D eigenvalue weighted by atomic mass is 9.78. The van der Waals surface area contributed by atoms with Crippen LogP contribution in [0.15, 0.2) is 24.3 Å². The standard InChI is InChI=1S/C17H26N2O/c1-13-6-5-7-15(10-13)17(8-3-4-9-17)12-19-16(20)14(2)11-18/h5-7,10,14H,3-4,8-9,11-12,18H2,1-2H3,(H,19,20). The topological polar surface area (TPSA) is 55.1 Å². The van der Waals surface area contributed by atoms with Gasteiger partial charge in [-0.15, -0.1) is 0 Å². The Morgan fingerprint density at radius 3 is 2.70 bits per heavy atom. The summed E-state index contributed by atoms with van der Waals surface area (Å²) in [6, 6.07) is 8.72. The lowest BCUT2D eigenvalue weighted by Gasteiger charge is -2.31. The zero-order valence-electron chi connectivity index (χ0n) is 12.6. The maximum atomic E-state index is 12.0. The van der Waals surface area contributed by atoms with Crippen molar-refractivity contribution >= 4 is 5.91 Å². The van der Waals surface area contributed by atoms with Crippen molar-refractivity contribution in [3.05, 3.63) is 35.4 Å². The molecule has 1 saturated carbocycles. The van der Waals surface area contributed by atoms with Crippen molar-refractivity contribution in [1.82, 2.24) is 5.32 Å². The van der Waals surface area contributed by atoms with Crippen LogP contribution in [0.5, 0.6) is 0 Å². The van der Waals surface area contributed by atoms with Gasteiger partial charge >= 0.3 is 0 Å². The molecular weight excluding hydrogens is 248 g/mol. The van der Waals surface area contributed by atoms with Crippen LogP contribution in [-0.2, 0) is 10.2 Å². The summed E-state index contributed by atoms with van der Waals surface area (Å²) in [4.78, 5) is 12.0. The molecule has 3 heteroatoms. The zero-order valence-corrected chi connectivity index (χ0v) is 12.6. The van der Waals surface area contributed by atoms with Gasteiger partial charge in [0.15, 0.2) is 0 Å². The van der Waals surface area contributed by atoms with Gasteiger partial charge in [0, 0.05) is 24.4 Å². The van der Waals surface area contributed by atoms with Crippen molar-refractivity contribution in [1.29, 1.82) is 0 Å². The molecule has 3 nitrogen and oxygen atoms in total. The third kappa shape index (κ3) is 3.21. The van der Waals surface area contributed by atoms with E-state index in [4.69, 9.17) is 5.73 Å². The van der Waals surface area contributed by atoms with Crippen molar-refractivity contribution in [3.8, 4) is 0 Å². The molecule has 0 radical (unpaired) electrons. The molecule has 0 spiro atoms. The zero-order chi connectivity index (χ0) is 14.6. The molecule has 3 N–H and O–H groups in total. The lowest BCUT2D eigenvalue weighted by molar-refractivity contribution is -0.124. The molecule has 1 amide bonds. The molecule has 0 bridgehead atoms. The number of amides is 1. The summed E-state index contributed by atoms with van der Waals surface area (Å²) in [6.07, 6.45) is 4.81. The van der Waals surface area contributed by atoms with Gasteiger partial charge in [0.25, 0.3) is 0 Å². The Morgan fingerprint density at radius 2 is 2.10 bits per heavy atom. The fourth-order valence-electron chi connectivity index (χ4n) is 3.13. The predicted octanol–water partition coefficient (Wildman–Crippen LogP) is 2.52. The average molecular weight is 274 g/mol. The summed E-state index contributed by atoms with van der Waals surface area (Å²) in [5, 5.41) is 3.12. The van der Waals surface area contributed by atoms with E-state index in [1.165, 1.54) is 24.0 Å². The van der Waals surface area contributed by atoms with Gasteiger partial charge in [0.2, 0.25) is 5.91 Å². The molecule has 1 aliphatic rings. The predicted molar refractivity (Wildman–Crippen MR) is 82.6 cm³/mol. The van der Waals surface area contributed by atoms with Gasteiger partial charge in [0.1, 0.15) is 0 Å². The molecule has 1 aliphatic carbocycles. The molecule has 0 heterocycles. The van der Waals surface area contributed by atoms with Gasteiger partial charge in [-0.3, -0.25) is 4.79 Å². The number of aryl methyl sites for hydroxylation is 1. The fourth-order valence-corrected chi connectivity index (χ4v) is 3.13. The third-order valence-corrected chi connectivity index (χ3v) is 4.59. The van der Waals surface area contributed by atoms with E-state index in [0.717, 1.165) is 19.4 Å². The van der Waals surface area contributed by atoms with E-state index >= 15 is 0 Å². The van der Waals surface area contributed by atoms with Crippen LogP contribution < -0.4 is 11.1 Å². The molecule has 20 heavy (non-hydrogen) atoms. The minimum Gasteiger partial charge on any atom is -0.355 e. The van der Waals surface area contributed by atoms with E-state index in [-0.39, 0.29) is 17.2 Å². The second kappa shape index (κ2) is 6.40. The smallest absolute Gasteiger partial charge is 0.224 e. The van der Waals surface area contributed by atoms with Crippen molar-refractivity contribution in [2.75, 3.05) is 13.1 Å². The Morgan fingerprint density at radius 1 is 1.40 bits per heavy atom. The molecule has 110 valence electrons. The number of carbonyl (C=O) groups excluding carboxylic acids is 1. The largest absolute Gasteiger partial charge is 0.355 e. The van der Waals surface area contributed by atoms with Crippen molar-refractivity contribution in [2.45, 2.75) is 44.9 Å². The van der Waals surface area contributed by atoms with Crippen LogP contribution in [0.3, 0.4) is 0 Å². The number of hydrogen-bond donors (Lipinski definition) is 2. The number of nitrogens with two attached hydrogens (primary N) is 1. The molecular formula is C17H26N2O. The fraction of sp³-hybridized carbons (Fsp3) is 0.588. The first-order chi connectivity index (χ1) is 9.57. The highest BCUT2D eigenvalue weighted by atomic mass is 16.1.